The maximum Gasteiger partial charge on any atom is 0.415 e. The molecular weight excluding hydrogens is 548 g/mol. The van der Waals surface area contributed by atoms with Crippen molar-refractivity contribution in [2.45, 2.75) is 83.9 Å². The number of cyclic esters (lactones) is 1. The summed E-state index contributed by atoms with van der Waals surface area (Å²) in [5, 5.41) is 12.0. The first kappa shape index (κ1) is 27.9. The molecule has 4 aliphatic heterocycles. The van der Waals surface area contributed by atoms with Crippen molar-refractivity contribution >= 4 is 23.0 Å². The van der Waals surface area contributed by atoms with Gasteiger partial charge in [0.25, 0.3) is 5.56 Å². The van der Waals surface area contributed by atoms with Gasteiger partial charge in [0.15, 0.2) is 11.5 Å². The minimum absolute atomic E-state index is 0.0262. The lowest BCUT2D eigenvalue weighted by Gasteiger charge is -2.39. The highest BCUT2D eigenvalue weighted by molar-refractivity contribution is 5.95. The summed E-state index contributed by atoms with van der Waals surface area (Å²) in [7, 11) is 0. The SMILES string of the molecule is CCc1c2c(nc3ccc(OC(=O)N4CCC(N5CCCCC5)CC4)c(O)c13)-c1cc3c(c(=O)n1C2)COC(=O)[C@H]3CC. The first-order valence-electron chi connectivity index (χ1n) is 15.7. The fourth-order valence-electron chi connectivity index (χ4n) is 7.58. The van der Waals surface area contributed by atoms with Crippen LogP contribution in [0.2, 0.25) is 0 Å². The van der Waals surface area contributed by atoms with Crippen molar-refractivity contribution in [1.82, 2.24) is 19.4 Å². The number of hydrogen-bond donors (Lipinski definition) is 1. The Morgan fingerprint density at radius 3 is 2.56 bits per heavy atom. The van der Waals surface area contributed by atoms with Crippen LogP contribution in [0.3, 0.4) is 0 Å². The highest BCUT2D eigenvalue weighted by Gasteiger charge is 2.35. The molecule has 226 valence electrons. The Labute approximate surface area is 250 Å². The van der Waals surface area contributed by atoms with E-state index in [0.29, 0.717) is 71.9 Å². The van der Waals surface area contributed by atoms with Crippen LogP contribution in [0.5, 0.6) is 11.5 Å². The number of rotatable bonds is 4. The smallest absolute Gasteiger partial charge is 0.415 e. The number of fused-ring (bicyclic) bond motifs is 5. The standard InChI is InChI=1S/C33H38N4O6/c1-3-20-23-17-37-26(16-22-21(4-2)32(40)42-18-24(22)31(37)39)29(23)34-25-8-9-27(30(38)28(20)25)43-33(41)36-14-10-19(11-15-36)35-12-6-5-7-13-35/h8-9,16,19,21,38H,3-7,10-15,17-18H2,1-2H3/t21-/m0/s1. The molecule has 1 amide bonds. The lowest BCUT2D eigenvalue weighted by Crippen LogP contribution is -2.48. The minimum atomic E-state index is -0.477. The number of piperidine rings is 2. The molecule has 0 spiro atoms. The number of carbonyl (C=O) groups is 2. The normalized spacial score (nSPS) is 20.5. The second kappa shape index (κ2) is 11.0. The van der Waals surface area contributed by atoms with E-state index in [1.165, 1.54) is 19.3 Å². The average molecular weight is 587 g/mol. The van der Waals surface area contributed by atoms with Gasteiger partial charge in [-0.2, -0.15) is 0 Å². The van der Waals surface area contributed by atoms with Gasteiger partial charge in [0.1, 0.15) is 6.61 Å². The molecule has 0 radical (unpaired) electrons. The first-order valence-corrected chi connectivity index (χ1v) is 15.7. The van der Waals surface area contributed by atoms with Crippen LogP contribution in [0.1, 0.15) is 80.5 Å². The third-order valence-corrected chi connectivity index (χ3v) is 9.90. The van der Waals surface area contributed by atoms with E-state index in [0.717, 1.165) is 37.1 Å². The Morgan fingerprint density at radius 2 is 1.84 bits per heavy atom. The third kappa shape index (κ3) is 4.58. The van der Waals surface area contributed by atoms with Crippen LogP contribution in [0.4, 0.5) is 4.79 Å². The monoisotopic (exact) mass is 586 g/mol. The van der Waals surface area contributed by atoms with E-state index in [9.17, 15) is 19.5 Å². The number of ether oxygens (including phenoxy) is 2. The lowest BCUT2D eigenvalue weighted by molar-refractivity contribution is -0.148. The quantitative estimate of drug-likeness (QED) is 0.343. The molecule has 1 aromatic carbocycles. The van der Waals surface area contributed by atoms with Gasteiger partial charge < -0.3 is 28.9 Å². The molecule has 6 heterocycles. The molecule has 2 fully saturated rings. The molecule has 0 bridgehead atoms. The number of hydrogen-bond acceptors (Lipinski definition) is 8. The van der Waals surface area contributed by atoms with Gasteiger partial charge in [0.05, 0.1) is 34.9 Å². The molecular formula is C33H38N4O6. The van der Waals surface area contributed by atoms with Gasteiger partial charge in [-0.3, -0.25) is 9.59 Å². The number of phenols is 1. The molecule has 2 aromatic heterocycles. The van der Waals surface area contributed by atoms with Gasteiger partial charge in [-0.25, -0.2) is 9.78 Å². The summed E-state index contributed by atoms with van der Waals surface area (Å²) in [5.74, 6) is -0.795. The molecule has 1 atom stereocenters. The van der Waals surface area contributed by atoms with Gasteiger partial charge in [-0.15, -0.1) is 0 Å². The Hall–Kier alpha value is -3.92. The van der Waals surface area contributed by atoms with E-state index >= 15 is 0 Å². The van der Waals surface area contributed by atoms with Crippen LogP contribution in [-0.4, -0.2) is 68.7 Å². The largest absolute Gasteiger partial charge is 0.504 e. The predicted molar refractivity (Wildman–Crippen MR) is 160 cm³/mol. The topological polar surface area (TPSA) is 114 Å². The molecule has 1 N–H and O–H groups in total. The van der Waals surface area contributed by atoms with Gasteiger partial charge in [0.2, 0.25) is 0 Å². The highest BCUT2D eigenvalue weighted by Crippen LogP contribution is 2.43. The van der Waals surface area contributed by atoms with Crippen molar-refractivity contribution in [2.75, 3.05) is 26.2 Å². The predicted octanol–water partition coefficient (Wildman–Crippen LogP) is 4.69. The number of aryl methyl sites for hydroxylation is 1. The molecule has 3 aromatic rings. The zero-order valence-electron chi connectivity index (χ0n) is 24.9. The number of benzene rings is 1. The second-order valence-corrected chi connectivity index (χ2v) is 12.2. The van der Waals surface area contributed by atoms with Crippen molar-refractivity contribution in [3.05, 3.63) is 50.8 Å². The number of likely N-dealkylation sites (tertiary alicyclic amines) is 2. The van der Waals surface area contributed by atoms with Crippen LogP contribution in [0.15, 0.2) is 23.0 Å². The third-order valence-electron chi connectivity index (χ3n) is 9.90. The number of aromatic hydroxyl groups is 1. The number of aromatic nitrogens is 2. The summed E-state index contributed by atoms with van der Waals surface area (Å²) in [6.07, 6.45) is 6.33. The van der Waals surface area contributed by atoms with E-state index in [-0.39, 0.29) is 29.6 Å². The van der Waals surface area contributed by atoms with E-state index in [2.05, 4.69) is 4.90 Å². The van der Waals surface area contributed by atoms with Crippen LogP contribution in [-0.2, 0) is 29.1 Å². The highest BCUT2D eigenvalue weighted by atomic mass is 16.6. The summed E-state index contributed by atoms with van der Waals surface area (Å²) in [6, 6.07) is 5.78. The van der Waals surface area contributed by atoms with Crippen molar-refractivity contribution in [3.8, 4) is 22.9 Å². The van der Waals surface area contributed by atoms with E-state index < -0.39 is 12.0 Å². The van der Waals surface area contributed by atoms with Crippen molar-refractivity contribution in [1.29, 1.82) is 0 Å². The molecule has 2 saturated heterocycles. The van der Waals surface area contributed by atoms with E-state index in [4.69, 9.17) is 14.5 Å². The molecule has 10 nitrogen and oxygen atoms in total. The Kier molecular flexibility index (Phi) is 7.12. The lowest BCUT2D eigenvalue weighted by atomic mass is 9.90. The summed E-state index contributed by atoms with van der Waals surface area (Å²) in [4.78, 5) is 48.4. The van der Waals surface area contributed by atoms with Crippen molar-refractivity contribution in [2.24, 2.45) is 0 Å². The maximum atomic E-state index is 13.6. The van der Waals surface area contributed by atoms with Crippen molar-refractivity contribution in [3.63, 3.8) is 0 Å². The van der Waals surface area contributed by atoms with Crippen LogP contribution >= 0.6 is 0 Å². The fraction of sp³-hybridized carbons (Fsp3) is 0.515. The summed E-state index contributed by atoms with van der Waals surface area (Å²) in [5.41, 5.74) is 4.68. The number of nitrogens with zero attached hydrogens (tertiary/aromatic N) is 4. The van der Waals surface area contributed by atoms with Gasteiger partial charge >= 0.3 is 12.1 Å². The Morgan fingerprint density at radius 1 is 1.07 bits per heavy atom. The number of pyridine rings is 2. The Balaban J connectivity index is 1.18. The number of carbonyl (C=O) groups excluding carboxylic acids is 2. The molecule has 43 heavy (non-hydrogen) atoms. The average Bonchev–Trinajstić information content (AvgIpc) is 3.40. The molecule has 4 aliphatic rings. The van der Waals surface area contributed by atoms with Gasteiger partial charge in [0, 0.05) is 30.1 Å². The molecule has 0 unspecified atom stereocenters. The number of phenolic OH excluding ortho intramolecular Hbond substituents is 1. The van der Waals surface area contributed by atoms with E-state index in [1.807, 2.05) is 19.9 Å². The van der Waals surface area contributed by atoms with Gasteiger partial charge in [-0.1, -0.05) is 20.3 Å². The van der Waals surface area contributed by atoms with Gasteiger partial charge in [-0.05, 0) is 80.9 Å². The molecule has 0 saturated carbocycles. The molecule has 10 heteroatoms. The summed E-state index contributed by atoms with van der Waals surface area (Å²) in [6.45, 7) is 7.75. The summed E-state index contributed by atoms with van der Waals surface area (Å²) < 4.78 is 12.8. The van der Waals surface area contributed by atoms with Crippen LogP contribution in [0.25, 0.3) is 22.3 Å². The van der Waals surface area contributed by atoms with E-state index in [1.54, 1.807) is 21.6 Å². The zero-order valence-corrected chi connectivity index (χ0v) is 24.9. The molecule has 7 rings (SSSR count). The fourth-order valence-corrected chi connectivity index (χ4v) is 7.58. The second-order valence-electron chi connectivity index (χ2n) is 12.2. The Bertz CT molecular complexity index is 1680. The summed E-state index contributed by atoms with van der Waals surface area (Å²) >= 11 is 0. The van der Waals surface area contributed by atoms with Crippen LogP contribution in [0, 0.1) is 0 Å². The van der Waals surface area contributed by atoms with Crippen molar-refractivity contribution < 1.29 is 24.2 Å². The number of amides is 1. The minimum Gasteiger partial charge on any atom is -0.504 e. The maximum absolute atomic E-state index is 13.6. The number of esters is 1. The molecule has 0 aliphatic carbocycles. The first-order chi connectivity index (χ1) is 20.9. The van der Waals surface area contributed by atoms with Crippen LogP contribution < -0.4 is 10.3 Å². The zero-order chi connectivity index (χ0) is 29.8.